The molecule has 0 aromatic heterocycles. The van der Waals surface area contributed by atoms with Gasteiger partial charge in [0, 0.05) is 0 Å². The summed E-state index contributed by atoms with van der Waals surface area (Å²) in [6.45, 7) is -1.17. The monoisotopic (exact) mass is 249 g/mol. The number of hydrogen-bond donors (Lipinski definition) is 5. The molecule has 0 spiro atoms. The van der Waals surface area contributed by atoms with E-state index in [1.807, 2.05) is 0 Å². The van der Waals surface area contributed by atoms with Crippen molar-refractivity contribution in [1.29, 1.82) is 0 Å². The molecule has 17 heavy (non-hydrogen) atoms. The van der Waals surface area contributed by atoms with Crippen LogP contribution in [0.3, 0.4) is 0 Å². The van der Waals surface area contributed by atoms with E-state index in [1.54, 1.807) is 0 Å². The third kappa shape index (κ3) is 3.07. The van der Waals surface area contributed by atoms with Crippen molar-refractivity contribution in [1.82, 2.24) is 0 Å². The molecule has 0 aliphatic carbocycles. The fourth-order valence-electron chi connectivity index (χ4n) is 1.21. The molecular weight excluding hydrogens is 234 g/mol. The van der Waals surface area contributed by atoms with Crippen LogP contribution < -0.4 is 5.73 Å². The van der Waals surface area contributed by atoms with E-state index in [1.165, 1.54) is 0 Å². The van der Waals surface area contributed by atoms with E-state index in [0.717, 1.165) is 0 Å². The van der Waals surface area contributed by atoms with E-state index in [0.29, 0.717) is 0 Å². The number of esters is 1. The average Bonchev–Trinajstić information content (AvgIpc) is 2.62. The summed E-state index contributed by atoms with van der Waals surface area (Å²) in [5.41, 5.74) is 5.37. The summed E-state index contributed by atoms with van der Waals surface area (Å²) >= 11 is 0. The van der Waals surface area contributed by atoms with Crippen molar-refractivity contribution in [2.24, 2.45) is 5.73 Å². The molecule has 98 valence electrons. The number of hydrogen-bond acceptors (Lipinski definition) is 8. The molecule has 8 heteroatoms. The van der Waals surface area contributed by atoms with E-state index in [4.69, 9.17) is 20.7 Å². The van der Waals surface area contributed by atoms with Gasteiger partial charge in [-0.2, -0.15) is 0 Å². The first-order valence-corrected chi connectivity index (χ1v) is 4.93. The lowest BCUT2D eigenvalue weighted by atomic mass is 10.2. The zero-order chi connectivity index (χ0) is 13.0. The molecule has 1 unspecified atom stereocenters. The van der Waals surface area contributed by atoms with E-state index in [2.05, 4.69) is 4.74 Å². The zero-order valence-corrected chi connectivity index (χ0v) is 8.94. The van der Waals surface area contributed by atoms with E-state index in [9.17, 15) is 15.0 Å². The number of carbonyl (C=O) groups is 1. The first-order chi connectivity index (χ1) is 8.01. The minimum absolute atomic E-state index is 0.165. The maximum absolute atomic E-state index is 11.0. The average molecular weight is 249 g/mol. The van der Waals surface area contributed by atoms with Gasteiger partial charge in [0.25, 0.3) is 0 Å². The fraction of sp³-hybridized carbons (Fsp3) is 0.667. The van der Waals surface area contributed by atoms with E-state index in [-0.39, 0.29) is 19.0 Å². The molecule has 0 fully saturated rings. The van der Waals surface area contributed by atoms with Crippen LogP contribution in [0.2, 0.25) is 0 Å². The molecule has 0 radical (unpaired) electrons. The van der Waals surface area contributed by atoms with Crippen LogP contribution in [0, 0.1) is 0 Å². The van der Waals surface area contributed by atoms with Gasteiger partial charge in [0.15, 0.2) is 11.9 Å². The summed E-state index contributed by atoms with van der Waals surface area (Å²) in [6, 6.07) is -0.696. The van der Waals surface area contributed by atoms with Gasteiger partial charge in [-0.1, -0.05) is 0 Å². The van der Waals surface area contributed by atoms with Crippen LogP contribution in [-0.4, -0.2) is 64.5 Å². The molecule has 0 saturated heterocycles. The summed E-state index contributed by atoms with van der Waals surface area (Å²) < 4.78 is 9.61. The Balaban J connectivity index is 2.72. The summed E-state index contributed by atoms with van der Waals surface area (Å²) in [5.74, 6) is -2.11. The summed E-state index contributed by atoms with van der Waals surface area (Å²) in [7, 11) is 0. The summed E-state index contributed by atoms with van der Waals surface area (Å²) in [6.07, 6.45) is -2.66. The number of nitrogens with two attached hydrogens (primary N) is 1. The highest BCUT2D eigenvalue weighted by Crippen LogP contribution is 2.24. The Morgan fingerprint density at radius 2 is 2.06 bits per heavy atom. The fourth-order valence-corrected chi connectivity index (χ4v) is 1.21. The second-order valence-electron chi connectivity index (χ2n) is 3.54. The molecular formula is C9H15NO7. The predicted molar refractivity (Wildman–Crippen MR) is 53.6 cm³/mol. The Labute approximate surface area is 96.9 Å². The smallest absolute Gasteiger partial charge is 0.378 e. The van der Waals surface area contributed by atoms with Crippen molar-refractivity contribution < 1.29 is 34.7 Å². The van der Waals surface area contributed by atoms with Crippen molar-refractivity contribution in [3.63, 3.8) is 0 Å². The summed E-state index contributed by atoms with van der Waals surface area (Å²) in [4.78, 5) is 11.0. The van der Waals surface area contributed by atoms with Crippen molar-refractivity contribution in [3.05, 3.63) is 11.5 Å². The molecule has 0 amide bonds. The number of rotatable bonds is 6. The lowest BCUT2D eigenvalue weighted by Gasteiger charge is -2.19. The molecule has 6 N–H and O–H groups in total. The highest BCUT2D eigenvalue weighted by Gasteiger charge is 2.40. The van der Waals surface area contributed by atoms with Crippen LogP contribution in [0.5, 0.6) is 0 Å². The molecule has 1 heterocycles. The Bertz CT molecular complexity index is 316. The number of cyclic esters (lactones) is 1. The van der Waals surface area contributed by atoms with Gasteiger partial charge in [0.1, 0.15) is 12.7 Å². The van der Waals surface area contributed by atoms with Gasteiger partial charge >= 0.3 is 5.97 Å². The van der Waals surface area contributed by atoms with Crippen LogP contribution in [0.15, 0.2) is 11.5 Å². The highest BCUT2D eigenvalue weighted by molar-refractivity contribution is 5.89. The first-order valence-electron chi connectivity index (χ1n) is 4.93. The Morgan fingerprint density at radius 3 is 2.59 bits per heavy atom. The molecule has 1 rings (SSSR count). The SMILES string of the molecule is NC(CO)COC1=C(O)C(=O)O[C@@H]1[C@@H](O)CO. The van der Waals surface area contributed by atoms with Gasteiger partial charge in [0.2, 0.25) is 5.76 Å². The zero-order valence-electron chi connectivity index (χ0n) is 8.94. The minimum Gasteiger partial charge on any atom is -0.499 e. The van der Waals surface area contributed by atoms with Gasteiger partial charge < -0.3 is 35.6 Å². The Morgan fingerprint density at radius 1 is 1.41 bits per heavy atom. The lowest BCUT2D eigenvalue weighted by Crippen LogP contribution is -2.35. The van der Waals surface area contributed by atoms with Crippen LogP contribution in [0.1, 0.15) is 0 Å². The van der Waals surface area contributed by atoms with Gasteiger partial charge in [-0.15, -0.1) is 0 Å². The molecule has 0 saturated carbocycles. The molecule has 0 bridgehead atoms. The quantitative estimate of drug-likeness (QED) is 0.322. The number of carbonyl (C=O) groups excluding carboxylic acids is 1. The Hall–Kier alpha value is -1.35. The molecule has 1 aliphatic rings. The van der Waals surface area contributed by atoms with Gasteiger partial charge in [-0.3, -0.25) is 0 Å². The van der Waals surface area contributed by atoms with Crippen LogP contribution in [-0.2, 0) is 14.3 Å². The van der Waals surface area contributed by atoms with Crippen LogP contribution in [0.4, 0.5) is 0 Å². The second kappa shape index (κ2) is 5.82. The standard InChI is InChI=1S/C9H15NO7/c10-4(1-11)3-16-8-6(14)9(15)17-7(8)5(13)2-12/h4-5,7,11-14H,1-3,10H2/t4?,5-,7+/m0/s1. The van der Waals surface area contributed by atoms with Crippen molar-refractivity contribution in [2.45, 2.75) is 18.2 Å². The first kappa shape index (κ1) is 13.7. The molecule has 3 atom stereocenters. The third-order valence-corrected chi connectivity index (χ3v) is 2.14. The maximum atomic E-state index is 11.0. The molecule has 8 nitrogen and oxygen atoms in total. The number of aliphatic hydroxyl groups is 4. The van der Waals surface area contributed by atoms with Crippen LogP contribution >= 0.6 is 0 Å². The van der Waals surface area contributed by atoms with Crippen LogP contribution in [0.25, 0.3) is 0 Å². The third-order valence-electron chi connectivity index (χ3n) is 2.14. The normalized spacial score (nSPS) is 23.5. The molecule has 0 aromatic rings. The molecule has 0 aromatic carbocycles. The minimum atomic E-state index is -1.40. The lowest BCUT2D eigenvalue weighted by molar-refractivity contribution is -0.148. The maximum Gasteiger partial charge on any atom is 0.378 e. The summed E-state index contributed by atoms with van der Waals surface area (Å²) in [5, 5.41) is 36.1. The topological polar surface area (TPSA) is 142 Å². The van der Waals surface area contributed by atoms with Gasteiger partial charge in [-0.25, -0.2) is 4.79 Å². The van der Waals surface area contributed by atoms with Crippen molar-refractivity contribution in [2.75, 3.05) is 19.8 Å². The van der Waals surface area contributed by atoms with Crippen molar-refractivity contribution >= 4 is 5.97 Å². The number of ether oxygens (including phenoxy) is 2. The Kier molecular flexibility index (Phi) is 4.70. The highest BCUT2D eigenvalue weighted by atomic mass is 16.6. The molecule has 1 aliphatic heterocycles. The largest absolute Gasteiger partial charge is 0.499 e. The number of aliphatic hydroxyl groups excluding tert-OH is 4. The second-order valence-corrected chi connectivity index (χ2v) is 3.54. The van der Waals surface area contributed by atoms with Gasteiger partial charge in [0.05, 0.1) is 19.3 Å². The van der Waals surface area contributed by atoms with Gasteiger partial charge in [-0.05, 0) is 0 Å². The van der Waals surface area contributed by atoms with E-state index < -0.39 is 36.6 Å². The van der Waals surface area contributed by atoms with E-state index >= 15 is 0 Å². The van der Waals surface area contributed by atoms with Crippen molar-refractivity contribution in [3.8, 4) is 0 Å². The predicted octanol–water partition coefficient (Wildman–Crippen LogP) is -2.63.